The molecule has 110 valence electrons. The molecule has 5 nitrogen and oxygen atoms in total. The van der Waals surface area contributed by atoms with E-state index in [1.165, 1.54) is 12.1 Å². The Balaban J connectivity index is 1.81. The molecule has 1 fully saturated rings. The van der Waals surface area contributed by atoms with Crippen LogP contribution in [-0.4, -0.2) is 40.1 Å². The second-order valence-electron chi connectivity index (χ2n) is 5.20. The van der Waals surface area contributed by atoms with Crippen LogP contribution in [0, 0.1) is 5.82 Å². The molecule has 0 aliphatic carbocycles. The van der Waals surface area contributed by atoms with Crippen molar-refractivity contribution in [1.82, 2.24) is 15.1 Å². The smallest absolute Gasteiger partial charge is 0.272 e. The van der Waals surface area contributed by atoms with Gasteiger partial charge in [0.05, 0.1) is 5.69 Å². The molecule has 3 rings (SSSR count). The molecule has 0 saturated carbocycles. The van der Waals surface area contributed by atoms with E-state index < -0.39 is 0 Å². The van der Waals surface area contributed by atoms with E-state index in [0.717, 1.165) is 24.9 Å². The minimum Gasteiger partial charge on any atom is -0.333 e. The van der Waals surface area contributed by atoms with E-state index in [0.29, 0.717) is 17.9 Å². The Hall–Kier alpha value is -2.21. The van der Waals surface area contributed by atoms with Crippen LogP contribution in [0.25, 0.3) is 11.3 Å². The van der Waals surface area contributed by atoms with Crippen molar-refractivity contribution < 1.29 is 9.18 Å². The molecule has 1 atom stereocenters. The first-order chi connectivity index (χ1) is 10.2. The van der Waals surface area contributed by atoms with Crippen molar-refractivity contribution in [2.75, 3.05) is 13.1 Å². The first kappa shape index (κ1) is 13.8. The van der Waals surface area contributed by atoms with Crippen LogP contribution in [0.1, 0.15) is 23.3 Å². The summed E-state index contributed by atoms with van der Waals surface area (Å²) in [5, 5.41) is 6.90. The van der Waals surface area contributed by atoms with Gasteiger partial charge in [-0.25, -0.2) is 4.39 Å². The van der Waals surface area contributed by atoms with E-state index in [-0.39, 0.29) is 17.8 Å². The average molecular weight is 288 g/mol. The summed E-state index contributed by atoms with van der Waals surface area (Å²) >= 11 is 0. The number of nitrogens with zero attached hydrogens (tertiary/aromatic N) is 2. The summed E-state index contributed by atoms with van der Waals surface area (Å²) < 4.78 is 12.9. The molecule has 1 aliphatic rings. The highest BCUT2D eigenvalue weighted by Crippen LogP contribution is 2.22. The lowest BCUT2D eigenvalue weighted by Crippen LogP contribution is -2.40. The number of aromatic nitrogens is 2. The summed E-state index contributed by atoms with van der Waals surface area (Å²) in [7, 11) is 0. The molecule has 0 bridgehead atoms. The van der Waals surface area contributed by atoms with Crippen molar-refractivity contribution in [2.24, 2.45) is 5.73 Å². The summed E-state index contributed by atoms with van der Waals surface area (Å²) in [6.07, 6.45) is 1.92. The van der Waals surface area contributed by atoms with Crippen molar-refractivity contribution in [3.05, 3.63) is 41.8 Å². The predicted octanol–water partition coefficient (Wildman–Crippen LogP) is 1.78. The number of hydrogen-bond donors (Lipinski definition) is 2. The molecular weight excluding hydrogens is 271 g/mol. The van der Waals surface area contributed by atoms with E-state index in [2.05, 4.69) is 10.2 Å². The van der Waals surface area contributed by atoms with Crippen molar-refractivity contribution in [3.63, 3.8) is 0 Å². The van der Waals surface area contributed by atoms with E-state index >= 15 is 0 Å². The molecule has 2 heterocycles. The van der Waals surface area contributed by atoms with Gasteiger partial charge in [0.15, 0.2) is 0 Å². The number of benzene rings is 1. The van der Waals surface area contributed by atoms with Gasteiger partial charge in [-0.1, -0.05) is 0 Å². The molecule has 3 N–H and O–H groups in total. The highest BCUT2D eigenvalue weighted by molar-refractivity contribution is 5.93. The first-order valence-electron chi connectivity index (χ1n) is 7.01. The summed E-state index contributed by atoms with van der Waals surface area (Å²) in [5.41, 5.74) is 7.53. The maximum absolute atomic E-state index is 12.9. The third-order valence-electron chi connectivity index (χ3n) is 3.86. The third kappa shape index (κ3) is 2.67. The largest absolute Gasteiger partial charge is 0.333 e. The number of halogens is 1. The number of amides is 1. The molecule has 21 heavy (non-hydrogen) atoms. The highest BCUT2D eigenvalue weighted by atomic mass is 19.1. The summed E-state index contributed by atoms with van der Waals surface area (Å²) in [6, 6.07) is 7.82. The minimum atomic E-state index is -0.298. The second kappa shape index (κ2) is 5.65. The van der Waals surface area contributed by atoms with Crippen LogP contribution in [0.4, 0.5) is 4.39 Å². The van der Waals surface area contributed by atoms with Gasteiger partial charge in [-0.2, -0.15) is 5.10 Å². The molecule has 1 saturated heterocycles. The lowest BCUT2D eigenvalue weighted by atomic mass is 10.1. The lowest BCUT2D eigenvalue weighted by Gasteiger charge is -2.22. The fraction of sp³-hybridized carbons (Fsp3) is 0.333. The minimum absolute atomic E-state index is 0.0798. The molecule has 6 heteroatoms. The lowest BCUT2D eigenvalue weighted by molar-refractivity contribution is 0.0735. The Morgan fingerprint density at radius 1 is 1.43 bits per heavy atom. The van der Waals surface area contributed by atoms with Gasteiger partial charge in [0.1, 0.15) is 11.5 Å². The number of likely N-dealkylation sites (tertiary alicyclic amines) is 1. The molecule has 0 unspecified atom stereocenters. The van der Waals surface area contributed by atoms with Crippen LogP contribution in [-0.2, 0) is 0 Å². The van der Waals surface area contributed by atoms with Crippen LogP contribution >= 0.6 is 0 Å². The molecular formula is C15H17FN4O. The number of hydrogen-bond acceptors (Lipinski definition) is 3. The maximum atomic E-state index is 12.9. The number of nitrogens with two attached hydrogens (primary N) is 1. The summed E-state index contributed by atoms with van der Waals surface area (Å²) in [6.45, 7) is 1.20. The molecule has 1 amide bonds. The number of rotatable bonds is 3. The van der Waals surface area contributed by atoms with E-state index in [4.69, 9.17) is 5.73 Å². The average Bonchev–Trinajstić information content (AvgIpc) is 3.16. The van der Waals surface area contributed by atoms with Gasteiger partial charge in [0.25, 0.3) is 5.91 Å². The van der Waals surface area contributed by atoms with Gasteiger partial charge in [-0.3, -0.25) is 9.89 Å². The Morgan fingerprint density at radius 2 is 2.19 bits per heavy atom. The molecule has 1 aliphatic heterocycles. The zero-order chi connectivity index (χ0) is 14.8. The van der Waals surface area contributed by atoms with Gasteiger partial charge in [0, 0.05) is 24.7 Å². The fourth-order valence-electron chi connectivity index (χ4n) is 2.70. The van der Waals surface area contributed by atoms with Crippen LogP contribution in [0.5, 0.6) is 0 Å². The van der Waals surface area contributed by atoms with Crippen molar-refractivity contribution >= 4 is 5.91 Å². The Bertz CT molecular complexity index is 637. The van der Waals surface area contributed by atoms with Crippen molar-refractivity contribution in [3.8, 4) is 11.3 Å². The number of nitrogens with one attached hydrogen (secondary N) is 1. The van der Waals surface area contributed by atoms with Gasteiger partial charge >= 0.3 is 0 Å². The van der Waals surface area contributed by atoms with Crippen LogP contribution in [0.15, 0.2) is 30.3 Å². The SMILES string of the molecule is NC[C@@H]1CCCN1C(=O)c1cc(-c2ccc(F)cc2)n[nH]1. The van der Waals surface area contributed by atoms with E-state index in [1.54, 1.807) is 23.1 Å². The third-order valence-corrected chi connectivity index (χ3v) is 3.86. The van der Waals surface area contributed by atoms with Crippen molar-refractivity contribution in [1.29, 1.82) is 0 Å². The van der Waals surface area contributed by atoms with Crippen LogP contribution in [0.2, 0.25) is 0 Å². The number of H-pyrrole nitrogens is 1. The quantitative estimate of drug-likeness (QED) is 0.904. The normalized spacial score (nSPS) is 18.2. The van der Waals surface area contributed by atoms with Gasteiger partial charge in [-0.15, -0.1) is 0 Å². The molecule has 1 aromatic carbocycles. The molecule has 0 radical (unpaired) electrons. The Morgan fingerprint density at radius 3 is 2.90 bits per heavy atom. The van der Waals surface area contributed by atoms with Gasteiger partial charge in [-0.05, 0) is 43.2 Å². The number of aromatic amines is 1. The predicted molar refractivity (Wildman–Crippen MR) is 77.1 cm³/mol. The topological polar surface area (TPSA) is 75.0 Å². The monoisotopic (exact) mass is 288 g/mol. The second-order valence-corrected chi connectivity index (χ2v) is 5.20. The molecule has 2 aromatic rings. The zero-order valence-corrected chi connectivity index (χ0v) is 11.6. The van der Waals surface area contributed by atoms with E-state index in [1.807, 2.05) is 0 Å². The number of carbonyl (C=O) groups is 1. The Labute approximate surface area is 121 Å². The standard InChI is InChI=1S/C15H17FN4O/c16-11-5-3-10(4-6-11)13-8-14(19-18-13)15(21)20-7-1-2-12(20)9-17/h3-6,8,12H,1-2,7,9,17H2,(H,18,19)/t12-/m0/s1. The molecule has 0 spiro atoms. The Kier molecular flexibility index (Phi) is 3.70. The summed E-state index contributed by atoms with van der Waals surface area (Å²) in [4.78, 5) is 14.2. The van der Waals surface area contributed by atoms with Gasteiger partial charge < -0.3 is 10.6 Å². The van der Waals surface area contributed by atoms with Crippen molar-refractivity contribution in [2.45, 2.75) is 18.9 Å². The van der Waals surface area contributed by atoms with Crippen LogP contribution in [0.3, 0.4) is 0 Å². The van der Waals surface area contributed by atoms with E-state index in [9.17, 15) is 9.18 Å². The summed E-state index contributed by atoms with van der Waals surface area (Å²) in [5.74, 6) is -0.378. The highest BCUT2D eigenvalue weighted by Gasteiger charge is 2.29. The van der Waals surface area contributed by atoms with Crippen LogP contribution < -0.4 is 5.73 Å². The number of carbonyl (C=O) groups excluding carboxylic acids is 1. The maximum Gasteiger partial charge on any atom is 0.272 e. The zero-order valence-electron chi connectivity index (χ0n) is 11.6. The fourth-order valence-corrected chi connectivity index (χ4v) is 2.70. The first-order valence-corrected chi connectivity index (χ1v) is 7.01. The molecule has 1 aromatic heterocycles. The van der Waals surface area contributed by atoms with Gasteiger partial charge in [0.2, 0.25) is 0 Å².